The Bertz CT molecular complexity index is 467. The molecule has 1 aliphatic rings. The van der Waals surface area contributed by atoms with Crippen molar-refractivity contribution in [2.45, 2.75) is 25.2 Å². The summed E-state index contributed by atoms with van der Waals surface area (Å²) in [6.07, 6.45) is 5.36. The Kier molecular flexibility index (Phi) is 3.38. The van der Waals surface area contributed by atoms with Crippen molar-refractivity contribution >= 4 is 12.2 Å². The highest BCUT2D eigenvalue weighted by atomic mass is 15.1. The van der Waals surface area contributed by atoms with Crippen molar-refractivity contribution in [2.24, 2.45) is 4.99 Å². The average molecular weight is 228 g/mol. The summed E-state index contributed by atoms with van der Waals surface area (Å²) in [6.45, 7) is 0. The van der Waals surface area contributed by atoms with Gasteiger partial charge in [-0.3, -0.25) is 0 Å². The summed E-state index contributed by atoms with van der Waals surface area (Å²) in [7, 11) is 3.79. The van der Waals surface area contributed by atoms with Gasteiger partial charge in [-0.25, -0.2) is 9.98 Å². The molecule has 1 aromatic heterocycles. The number of pyridine rings is 1. The van der Waals surface area contributed by atoms with E-state index >= 15 is 0 Å². The molecule has 0 aromatic carbocycles. The zero-order chi connectivity index (χ0) is 12.3. The molecule has 1 heterocycles. The summed E-state index contributed by atoms with van der Waals surface area (Å²) in [5.74, 6) is 1.10. The van der Waals surface area contributed by atoms with Gasteiger partial charge in [0.15, 0.2) is 5.82 Å². The van der Waals surface area contributed by atoms with E-state index in [0.717, 1.165) is 5.69 Å². The van der Waals surface area contributed by atoms with Crippen molar-refractivity contribution < 1.29 is 0 Å². The second-order valence-electron chi connectivity index (χ2n) is 4.56. The quantitative estimate of drug-likeness (QED) is 0.589. The molecule has 88 valence electrons. The molecule has 4 nitrogen and oxygen atoms in total. The molecule has 1 aliphatic carbocycles. The normalized spacial score (nSPS) is 15.6. The van der Waals surface area contributed by atoms with Gasteiger partial charge in [-0.05, 0) is 25.0 Å². The SMILES string of the molecule is CN(C)/C=N\c1nc(C2CCC2)ccc1C#N. The summed E-state index contributed by atoms with van der Waals surface area (Å²) in [6, 6.07) is 5.90. The van der Waals surface area contributed by atoms with Crippen molar-refractivity contribution in [1.82, 2.24) is 9.88 Å². The van der Waals surface area contributed by atoms with Crippen LogP contribution in [0.4, 0.5) is 5.82 Å². The van der Waals surface area contributed by atoms with Crippen molar-refractivity contribution in [3.63, 3.8) is 0 Å². The van der Waals surface area contributed by atoms with E-state index in [1.807, 2.05) is 31.1 Å². The molecule has 0 unspecified atom stereocenters. The molecule has 0 atom stereocenters. The van der Waals surface area contributed by atoms with E-state index in [2.05, 4.69) is 16.0 Å². The first-order valence-corrected chi connectivity index (χ1v) is 5.82. The van der Waals surface area contributed by atoms with Crippen LogP contribution in [0.3, 0.4) is 0 Å². The summed E-state index contributed by atoms with van der Waals surface area (Å²) < 4.78 is 0. The average Bonchev–Trinajstić information content (AvgIpc) is 2.24. The molecule has 4 heteroatoms. The Balaban J connectivity index is 2.29. The number of nitriles is 1. The lowest BCUT2D eigenvalue weighted by Crippen LogP contribution is -2.11. The van der Waals surface area contributed by atoms with Crippen molar-refractivity contribution in [3.8, 4) is 6.07 Å². The molecule has 17 heavy (non-hydrogen) atoms. The number of aromatic nitrogens is 1. The zero-order valence-electron chi connectivity index (χ0n) is 10.2. The third kappa shape index (κ3) is 2.62. The van der Waals surface area contributed by atoms with Gasteiger partial charge < -0.3 is 4.90 Å². The third-order valence-electron chi connectivity index (χ3n) is 2.95. The highest BCUT2D eigenvalue weighted by molar-refractivity contribution is 5.62. The molecule has 1 fully saturated rings. The van der Waals surface area contributed by atoms with Gasteiger partial charge in [0.25, 0.3) is 0 Å². The first-order valence-electron chi connectivity index (χ1n) is 5.82. The van der Waals surface area contributed by atoms with E-state index in [0.29, 0.717) is 17.3 Å². The molecule has 0 N–H and O–H groups in total. The lowest BCUT2D eigenvalue weighted by Gasteiger charge is -2.24. The molecule has 0 spiro atoms. The van der Waals surface area contributed by atoms with E-state index in [4.69, 9.17) is 5.26 Å². The van der Waals surface area contributed by atoms with E-state index in [-0.39, 0.29) is 0 Å². The Morgan fingerprint density at radius 1 is 1.47 bits per heavy atom. The highest BCUT2D eigenvalue weighted by Gasteiger charge is 2.21. The van der Waals surface area contributed by atoms with Crippen LogP contribution >= 0.6 is 0 Å². The Hall–Kier alpha value is -1.89. The third-order valence-corrected chi connectivity index (χ3v) is 2.95. The lowest BCUT2D eigenvalue weighted by atomic mass is 9.82. The van der Waals surface area contributed by atoms with Crippen LogP contribution in [0.2, 0.25) is 0 Å². The maximum Gasteiger partial charge on any atom is 0.171 e. The van der Waals surface area contributed by atoms with Crippen LogP contribution in [0.25, 0.3) is 0 Å². The molecule has 0 aliphatic heterocycles. The molecular formula is C13H16N4. The maximum atomic E-state index is 9.01. The summed E-state index contributed by atoms with van der Waals surface area (Å²) in [5.41, 5.74) is 1.60. The predicted molar refractivity (Wildman–Crippen MR) is 67.4 cm³/mol. The summed E-state index contributed by atoms with van der Waals surface area (Å²) >= 11 is 0. The molecule has 0 amide bonds. The summed E-state index contributed by atoms with van der Waals surface area (Å²) in [5, 5.41) is 9.01. The van der Waals surface area contributed by atoms with Crippen LogP contribution in [-0.2, 0) is 0 Å². The van der Waals surface area contributed by atoms with Crippen LogP contribution in [-0.4, -0.2) is 30.3 Å². The Morgan fingerprint density at radius 3 is 2.76 bits per heavy atom. The number of rotatable bonds is 3. The number of hydrogen-bond donors (Lipinski definition) is 0. The van der Waals surface area contributed by atoms with E-state index in [1.54, 1.807) is 6.34 Å². The molecule has 1 aromatic rings. The first-order chi connectivity index (χ1) is 8.20. The smallest absolute Gasteiger partial charge is 0.171 e. The van der Waals surface area contributed by atoms with Crippen LogP contribution in [0, 0.1) is 11.3 Å². The molecule has 1 saturated carbocycles. The highest BCUT2D eigenvalue weighted by Crippen LogP contribution is 2.36. The van der Waals surface area contributed by atoms with Gasteiger partial charge in [0.1, 0.15) is 6.07 Å². The van der Waals surface area contributed by atoms with Crippen LogP contribution in [0.5, 0.6) is 0 Å². The minimum atomic E-state index is 0.533. The van der Waals surface area contributed by atoms with Gasteiger partial charge in [-0.15, -0.1) is 0 Å². The zero-order valence-corrected chi connectivity index (χ0v) is 10.2. The van der Waals surface area contributed by atoms with Gasteiger partial charge in [0.2, 0.25) is 0 Å². The molecular weight excluding hydrogens is 212 g/mol. The monoisotopic (exact) mass is 228 g/mol. The fourth-order valence-corrected chi connectivity index (χ4v) is 1.75. The molecule has 0 saturated heterocycles. The van der Waals surface area contributed by atoms with Crippen LogP contribution in [0.1, 0.15) is 36.4 Å². The Morgan fingerprint density at radius 2 is 2.24 bits per heavy atom. The predicted octanol–water partition coefficient (Wildman–Crippen LogP) is 2.44. The fraction of sp³-hybridized carbons (Fsp3) is 0.462. The van der Waals surface area contributed by atoms with Crippen molar-refractivity contribution in [2.75, 3.05) is 14.1 Å². The topological polar surface area (TPSA) is 52.3 Å². The summed E-state index contributed by atoms with van der Waals surface area (Å²) in [4.78, 5) is 10.6. The largest absolute Gasteiger partial charge is 0.369 e. The van der Waals surface area contributed by atoms with E-state index < -0.39 is 0 Å². The molecule has 0 radical (unpaired) electrons. The van der Waals surface area contributed by atoms with Crippen molar-refractivity contribution in [3.05, 3.63) is 23.4 Å². The minimum absolute atomic E-state index is 0.533. The van der Waals surface area contributed by atoms with Crippen LogP contribution < -0.4 is 0 Å². The van der Waals surface area contributed by atoms with Gasteiger partial charge in [-0.2, -0.15) is 5.26 Å². The number of hydrogen-bond acceptors (Lipinski definition) is 3. The van der Waals surface area contributed by atoms with Gasteiger partial charge in [0.05, 0.1) is 11.9 Å². The fourth-order valence-electron chi connectivity index (χ4n) is 1.75. The van der Waals surface area contributed by atoms with Crippen molar-refractivity contribution in [1.29, 1.82) is 5.26 Å². The number of aliphatic imine (C=N–C) groups is 1. The van der Waals surface area contributed by atoms with E-state index in [9.17, 15) is 0 Å². The second kappa shape index (κ2) is 4.96. The lowest BCUT2D eigenvalue weighted by molar-refractivity contribution is 0.411. The second-order valence-corrected chi connectivity index (χ2v) is 4.56. The van der Waals surface area contributed by atoms with E-state index in [1.165, 1.54) is 19.3 Å². The van der Waals surface area contributed by atoms with Gasteiger partial charge >= 0.3 is 0 Å². The first kappa shape index (κ1) is 11.6. The van der Waals surface area contributed by atoms with Gasteiger partial charge in [-0.1, -0.05) is 6.42 Å². The number of nitrogens with zero attached hydrogens (tertiary/aromatic N) is 4. The molecule has 0 bridgehead atoms. The Labute approximate surface area is 102 Å². The van der Waals surface area contributed by atoms with Gasteiger partial charge in [0, 0.05) is 25.7 Å². The maximum absolute atomic E-state index is 9.01. The standard InChI is InChI=1S/C13H16N4/c1-17(2)9-15-13-11(8-14)6-7-12(16-13)10-4-3-5-10/h6-7,9-10H,3-5H2,1-2H3/b15-9-. The minimum Gasteiger partial charge on any atom is -0.369 e. The molecule has 2 rings (SSSR count). The van der Waals surface area contributed by atoms with Crippen LogP contribution in [0.15, 0.2) is 17.1 Å².